The summed E-state index contributed by atoms with van der Waals surface area (Å²) >= 11 is 0. The Hall–Kier alpha value is -1.02. The molecule has 0 radical (unpaired) electrons. The summed E-state index contributed by atoms with van der Waals surface area (Å²) in [5.74, 6) is 0.144. The predicted octanol–water partition coefficient (Wildman–Crippen LogP) is 1.82. The van der Waals surface area contributed by atoms with Crippen molar-refractivity contribution >= 4 is 10.0 Å². The number of pyridine rings is 1. The summed E-state index contributed by atoms with van der Waals surface area (Å²) in [7, 11) is -3.17. The minimum Gasteiger partial charge on any atom is -0.377 e. The van der Waals surface area contributed by atoms with Crippen molar-refractivity contribution in [2.45, 2.75) is 38.9 Å². The number of fused-ring (bicyclic) bond motifs is 1. The van der Waals surface area contributed by atoms with Crippen LogP contribution in [0.15, 0.2) is 24.5 Å². The van der Waals surface area contributed by atoms with Gasteiger partial charge in [-0.1, -0.05) is 6.07 Å². The monoisotopic (exact) mass is 354 g/mol. The zero-order valence-corrected chi connectivity index (χ0v) is 15.0. The van der Waals surface area contributed by atoms with Gasteiger partial charge in [0.25, 0.3) is 0 Å². The first-order chi connectivity index (χ1) is 11.6. The van der Waals surface area contributed by atoms with Crippen LogP contribution in [0, 0.1) is 5.41 Å². The van der Waals surface area contributed by atoms with Crippen molar-refractivity contribution in [1.29, 1.82) is 0 Å². The van der Waals surface area contributed by atoms with Crippen LogP contribution in [-0.4, -0.2) is 55.9 Å². The molecule has 2 aliphatic heterocycles. The minimum absolute atomic E-state index is 0.0865. The van der Waals surface area contributed by atoms with Crippen LogP contribution in [0.4, 0.5) is 0 Å². The maximum atomic E-state index is 12.3. The van der Waals surface area contributed by atoms with Crippen molar-refractivity contribution in [3.05, 3.63) is 30.1 Å². The molecule has 1 aromatic heterocycles. The second kappa shape index (κ2) is 7.47. The number of aromatic nitrogens is 1. The molecule has 0 amide bonds. The lowest BCUT2D eigenvalue weighted by atomic mass is 9.73. The molecule has 134 valence electrons. The molecule has 24 heavy (non-hydrogen) atoms. The summed E-state index contributed by atoms with van der Waals surface area (Å²) < 4.78 is 38.2. The van der Waals surface area contributed by atoms with Crippen LogP contribution in [0.2, 0.25) is 0 Å². The highest BCUT2D eigenvalue weighted by Gasteiger charge is 2.48. The lowest BCUT2D eigenvalue weighted by Crippen LogP contribution is -2.58. The van der Waals surface area contributed by atoms with E-state index in [1.165, 1.54) is 0 Å². The highest BCUT2D eigenvalue weighted by molar-refractivity contribution is 7.89. The van der Waals surface area contributed by atoms with Crippen LogP contribution in [0.5, 0.6) is 0 Å². The molecule has 0 saturated carbocycles. The number of hydrogen-bond donors (Lipinski definition) is 0. The molecule has 2 fully saturated rings. The predicted molar refractivity (Wildman–Crippen MR) is 91.0 cm³/mol. The van der Waals surface area contributed by atoms with Crippen LogP contribution in [0.1, 0.15) is 31.7 Å². The van der Waals surface area contributed by atoms with Crippen LogP contribution >= 0.6 is 0 Å². The van der Waals surface area contributed by atoms with E-state index in [-0.39, 0.29) is 17.3 Å². The van der Waals surface area contributed by atoms with Gasteiger partial charge in [-0.25, -0.2) is 12.7 Å². The standard InChI is InChI=1S/C17H26N2O4S/c1-2-24(20,21)19-9-6-16-17(13-19,7-4-10-23-16)14-22-12-15-5-3-8-18-11-15/h3,5,8,11,16H,2,4,6-7,9-10,12-14H2,1H3/t16-,17+/m0/s1. The lowest BCUT2D eigenvalue weighted by molar-refractivity contribution is -0.144. The molecule has 7 heteroatoms. The first-order valence-electron chi connectivity index (χ1n) is 8.62. The van der Waals surface area contributed by atoms with Gasteiger partial charge in [0.2, 0.25) is 10.0 Å². The molecule has 0 aliphatic carbocycles. The Balaban J connectivity index is 1.69. The summed E-state index contributed by atoms with van der Waals surface area (Å²) in [6.45, 7) is 4.51. The van der Waals surface area contributed by atoms with Crippen LogP contribution in [0.25, 0.3) is 0 Å². The largest absolute Gasteiger partial charge is 0.377 e. The van der Waals surface area contributed by atoms with E-state index in [0.29, 0.717) is 26.3 Å². The Morgan fingerprint density at radius 3 is 3.12 bits per heavy atom. The van der Waals surface area contributed by atoms with Crippen molar-refractivity contribution in [3.8, 4) is 0 Å². The maximum absolute atomic E-state index is 12.3. The Labute approximate surface area is 144 Å². The molecule has 0 spiro atoms. The van der Waals surface area contributed by atoms with Crippen molar-refractivity contribution in [2.75, 3.05) is 32.1 Å². The molecular weight excluding hydrogens is 328 g/mol. The minimum atomic E-state index is -3.17. The van der Waals surface area contributed by atoms with Crippen LogP contribution in [-0.2, 0) is 26.1 Å². The number of rotatable bonds is 6. The number of sulfonamides is 1. The lowest BCUT2D eigenvalue weighted by Gasteiger charge is -2.49. The third-order valence-corrected chi connectivity index (χ3v) is 6.92. The molecule has 3 heterocycles. The van der Waals surface area contributed by atoms with E-state index in [0.717, 1.165) is 31.4 Å². The second-order valence-electron chi connectivity index (χ2n) is 6.70. The molecule has 1 aromatic rings. The van der Waals surface area contributed by atoms with Gasteiger partial charge in [0.1, 0.15) is 0 Å². The molecule has 2 atom stereocenters. The van der Waals surface area contributed by atoms with Gasteiger partial charge in [-0.2, -0.15) is 0 Å². The number of hydrogen-bond acceptors (Lipinski definition) is 5. The fraction of sp³-hybridized carbons (Fsp3) is 0.706. The van der Waals surface area contributed by atoms with Crippen LogP contribution < -0.4 is 0 Å². The van der Waals surface area contributed by atoms with Gasteiger partial charge in [-0.3, -0.25) is 4.98 Å². The third-order valence-electron chi connectivity index (χ3n) is 5.09. The van der Waals surface area contributed by atoms with Gasteiger partial charge in [0.15, 0.2) is 0 Å². The molecule has 0 N–H and O–H groups in total. The molecule has 3 rings (SSSR count). The summed E-state index contributed by atoms with van der Waals surface area (Å²) in [6.07, 6.45) is 6.26. The van der Waals surface area contributed by atoms with E-state index in [2.05, 4.69) is 4.98 Å². The van der Waals surface area contributed by atoms with Gasteiger partial charge in [0, 0.05) is 37.5 Å². The zero-order valence-electron chi connectivity index (χ0n) is 14.2. The Morgan fingerprint density at radius 1 is 1.50 bits per heavy atom. The highest BCUT2D eigenvalue weighted by Crippen LogP contribution is 2.41. The van der Waals surface area contributed by atoms with Crippen molar-refractivity contribution in [2.24, 2.45) is 5.41 Å². The fourth-order valence-corrected chi connectivity index (χ4v) is 4.94. The molecule has 6 nitrogen and oxygen atoms in total. The Kier molecular flexibility index (Phi) is 5.54. The van der Waals surface area contributed by atoms with E-state index in [4.69, 9.17) is 9.47 Å². The first kappa shape index (κ1) is 17.8. The second-order valence-corrected chi connectivity index (χ2v) is 8.96. The SMILES string of the molecule is CCS(=O)(=O)N1CC[C@@H]2OCCC[C@]2(COCc2cccnc2)C1. The average molecular weight is 354 g/mol. The summed E-state index contributed by atoms with van der Waals surface area (Å²) in [4.78, 5) is 4.09. The Bertz CT molecular complexity index is 637. The molecular formula is C17H26N2O4S. The molecule has 0 unspecified atom stereocenters. The summed E-state index contributed by atoms with van der Waals surface area (Å²) in [5.41, 5.74) is 0.789. The van der Waals surface area contributed by atoms with Gasteiger partial charge in [-0.15, -0.1) is 0 Å². The van der Waals surface area contributed by atoms with E-state index in [1.807, 2.05) is 12.1 Å². The summed E-state index contributed by atoms with van der Waals surface area (Å²) in [5, 5.41) is 0. The number of ether oxygens (including phenoxy) is 2. The summed E-state index contributed by atoms with van der Waals surface area (Å²) in [6, 6.07) is 3.87. The number of nitrogens with zero attached hydrogens (tertiary/aromatic N) is 2. The van der Waals surface area contributed by atoms with Gasteiger partial charge in [0.05, 0.1) is 25.1 Å². The molecule has 2 saturated heterocycles. The van der Waals surface area contributed by atoms with E-state index >= 15 is 0 Å². The third kappa shape index (κ3) is 3.79. The highest BCUT2D eigenvalue weighted by atomic mass is 32.2. The maximum Gasteiger partial charge on any atom is 0.213 e. The van der Waals surface area contributed by atoms with E-state index in [9.17, 15) is 8.42 Å². The number of piperidine rings is 1. The van der Waals surface area contributed by atoms with E-state index < -0.39 is 10.0 Å². The van der Waals surface area contributed by atoms with Crippen molar-refractivity contribution < 1.29 is 17.9 Å². The van der Waals surface area contributed by atoms with Gasteiger partial charge < -0.3 is 9.47 Å². The normalized spacial score (nSPS) is 28.5. The molecule has 2 aliphatic rings. The van der Waals surface area contributed by atoms with E-state index in [1.54, 1.807) is 23.6 Å². The average Bonchev–Trinajstić information content (AvgIpc) is 2.62. The quantitative estimate of drug-likeness (QED) is 0.779. The van der Waals surface area contributed by atoms with Gasteiger partial charge >= 0.3 is 0 Å². The Morgan fingerprint density at radius 2 is 2.38 bits per heavy atom. The van der Waals surface area contributed by atoms with Crippen molar-refractivity contribution in [1.82, 2.24) is 9.29 Å². The van der Waals surface area contributed by atoms with Crippen molar-refractivity contribution in [3.63, 3.8) is 0 Å². The topological polar surface area (TPSA) is 68.7 Å². The smallest absolute Gasteiger partial charge is 0.213 e. The zero-order chi connectivity index (χ0) is 17.0. The first-order valence-corrected chi connectivity index (χ1v) is 10.2. The molecule has 0 aromatic carbocycles. The van der Waals surface area contributed by atoms with Crippen LogP contribution in [0.3, 0.4) is 0 Å². The fourth-order valence-electron chi connectivity index (χ4n) is 3.74. The van der Waals surface area contributed by atoms with Gasteiger partial charge in [-0.05, 0) is 37.8 Å². The molecule has 0 bridgehead atoms.